The van der Waals surface area contributed by atoms with Crippen LogP contribution in [0.1, 0.15) is 21.6 Å². The first-order valence-corrected chi connectivity index (χ1v) is 4.40. The molecule has 72 valence electrons. The van der Waals surface area contributed by atoms with E-state index in [1.54, 1.807) is 6.07 Å². The molecule has 1 aromatic carbocycles. The molecule has 2 aromatic rings. The zero-order chi connectivity index (χ0) is 10.3. The largest absolute Gasteiger partial charge is 0.506 e. The number of hydrogen-bond acceptors (Lipinski definition) is 2. The first kappa shape index (κ1) is 8.81. The maximum absolute atomic E-state index is 10.8. The van der Waals surface area contributed by atoms with E-state index in [4.69, 9.17) is 0 Å². The summed E-state index contributed by atoms with van der Waals surface area (Å²) in [6, 6.07) is 3.56. The van der Waals surface area contributed by atoms with Crippen molar-refractivity contribution >= 4 is 17.2 Å². The lowest BCUT2D eigenvalue weighted by molar-refractivity contribution is 0.112. The first-order chi connectivity index (χ1) is 6.63. The zero-order valence-electron chi connectivity index (χ0n) is 8.09. The molecule has 3 nitrogen and oxygen atoms in total. The Labute approximate surface area is 81.4 Å². The normalized spacial score (nSPS) is 10.7. The van der Waals surface area contributed by atoms with Crippen molar-refractivity contribution in [2.45, 2.75) is 13.8 Å². The summed E-state index contributed by atoms with van der Waals surface area (Å²) >= 11 is 0. The summed E-state index contributed by atoms with van der Waals surface area (Å²) in [6.07, 6.45) is 0.813. The number of carbonyl (C=O) groups excluding carboxylic acids is 1. The molecule has 0 fully saturated rings. The fourth-order valence-corrected chi connectivity index (χ4v) is 1.72. The highest BCUT2D eigenvalue weighted by Gasteiger charge is 2.10. The summed E-state index contributed by atoms with van der Waals surface area (Å²) in [5.41, 5.74) is 2.99. The fourth-order valence-electron chi connectivity index (χ4n) is 1.72. The summed E-state index contributed by atoms with van der Waals surface area (Å²) in [5.74, 6) is 0.191. The van der Waals surface area contributed by atoms with Crippen LogP contribution in [0.15, 0.2) is 12.1 Å². The Morgan fingerprint density at radius 1 is 1.36 bits per heavy atom. The lowest BCUT2D eigenvalue weighted by Crippen LogP contribution is -1.80. The van der Waals surface area contributed by atoms with Gasteiger partial charge in [-0.2, -0.15) is 0 Å². The van der Waals surface area contributed by atoms with Crippen LogP contribution in [-0.4, -0.2) is 16.4 Å². The summed E-state index contributed by atoms with van der Waals surface area (Å²) < 4.78 is 0. The average Bonchev–Trinajstić information content (AvgIpc) is 2.41. The minimum absolute atomic E-state index is 0.191. The van der Waals surface area contributed by atoms with Crippen LogP contribution in [0.4, 0.5) is 0 Å². The van der Waals surface area contributed by atoms with Crippen molar-refractivity contribution in [3.8, 4) is 5.75 Å². The van der Waals surface area contributed by atoms with Crippen molar-refractivity contribution in [1.82, 2.24) is 4.98 Å². The number of aromatic hydroxyl groups is 1. The summed E-state index contributed by atoms with van der Waals surface area (Å²) in [6.45, 7) is 3.70. The van der Waals surface area contributed by atoms with Gasteiger partial charge in [0.2, 0.25) is 0 Å². The third kappa shape index (κ3) is 1.09. The number of carbonyl (C=O) groups is 1. The Balaban J connectivity index is 2.94. The number of aromatic amines is 1. The van der Waals surface area contributed by atoms with E-state index < -0.39 is 0 Å². The number of hydrogen-bond donors (Lipinski definition) is 2. The topological polar surface area (TPSA) is 53.1 Å². The number of aryl methyl sites for hydroxylation is 2. The van der Waals surface area contributed by atoms with Crippen molar-refractivity contribution in [3.05, 3.63) is 29.0 Å². The molecule has 0 bridgehead atoms. The van der Waals surface area contributed by atoms with Crippen LogP contribution < -0.4 is 0 Å². The quantitative estimate of drug-likeness (QED) is 0.676. The molecule has 0 atom stereocenters. The third-order valence-corrected chi connectivity index (χ3v) is 2.39. The highest BCUT2D eigenvalue weighted by atomic mass is 16.3. The molecule has 2 rings (SSSR count). The summed E-state index contributed by atoms with van der Waals surface area (Å²) in [7, 11) is 0. The number of phenolic OH excluding ortho intramolecular Hbond substituents is 1. The van der Waals surface area contributed by atoms with E-state index in [0.717, 1.165) is 22.9 Å². The van der Waals surface area contributed by atoms with Crippen LogP contribution in [0.5, 0.6) is 5.75 Å². The molecule has 0 amide bonds. The van der Waals surface area contributed by atoms with Crippen molar-refractivity contribution in [2.75, 3.05) is 0 Å². The van der Waals surface area contributed by atoms with Crippen LogP contribution in [0, 0.1) is 13.8 Å². The summed E-state index contributed by atoms with van der Waals surface area (Å²) in [5, 5.41) is 10.4. The highest BCUT2D eigenvalue weighted by Crippen LogP contribution is 2.29. The lowest BCUT2D eigenvalue weighted by atomic mass is 10.1. The number of nitrogens with one attached hydrogen (secondary N) is 1. The van der Waals surface area contributed by atoms with Gasteiger partial charge < -0.3 is 10.1 Å². The average molecular weight is 189 g/mol. The predicted molar refractivity (Wildman–Crippen MR) is 54.8 cm³/mol. The van der Waals surface area contributed by atoms with Crippen LogP contribution in [0.2, 0.25) is 0 Å². The Bertz CT molecular complexity index is 511. The zero-order valence-corrected chi connectivity index (χ0v) is 8.09. The molecule has 1 aromatic heterocycles. The van der Waals surface area contributed by atoms with Gasteiger partial charge in [0.1, 0.15) is 5.75 Å². The Morgan fingerprint density at radius 2 is 2.07 bits per heavy atom. The highest BCUT2D eigenvalue weighted by molar-refractivity contribution is 6.01. The number of rotatable bonds is 1. The minimum atomic E-state index is 0.191. The van der Waals surface area contributed by atoms with Crippen molar-refractivity contribution in [3.63, 3.8) is 0 Å². The number of fused-ring (bicyclic) bond motifs is 1. The second-order valence-corrected chi connectivity index (χ2v) is 3.49. The van der Waals surface area contributed by atoms with Crippen LogP contribution in [-0.2, 0) is 0 Å². The van der Waals surface area contributed by atoms with Gasteiger partial charge in [-0.05, 0) is 31.5 Å². The van der Waals surface area contributed by atoms with E-state index in [1.807, 2.05) is 19.9 Å². The molecule has 2 N–H and O–H groups in total. The van der Waals surface area contributed by atoms with E-state index in [-0.39, 0.29) is 5.75 Å². The molecule has 0 unspecified atom stereocenters. The Hall–Kier alpha value is -1.77. The molecular formula is C11H11NO2. The molecule has 0 saturated heterocycles. The summed E-state index contributed by atoms with van der Waals surface area (Å²) in [4.78, 5) is 13.8. The smallest absolute Gasteiger partial charge is 0.152 e. The van der Waals surface area contributed by atoms with Gasteiger partial charge in [0.25, 0.3) is 0 Å². The van der Waals surface area contributed by atoms with E-state index in [9.17, 15) is 9.90 Å². The van der Waals surface area contributed by atoms with Crippen LogP contribution in [0.25, 0.3) is 10.9 Å². The second-order valence-electron chi connectivity index (χ2n) is 3.49. The molecule has 0 saturated carbocycles. The van der Waals surface area contributed by atoms with E-state index in [1.165, 1.54) is 0 Å². The van der Waals surface area contributed by atoms with Crippen LogP contribution in [0.3, 0.4) is 0 Å². The molecule has 14 heavy (non-hydrogen) atoms. The number of phenols is 1. The number of aromatic nitrogens is 1. The standard InChI is InChI=1S/C11H11NO2/c1-6-3-8-9(5-13)7(2)12-11(8)10(14)4-6/h3-5,12,14H,1-2H3. The van der Waals surface area contributed by atoms with E-state index in [0.29, 0.717) is 11.1 Å². The number of aldehydes is 1. The van der Waals surface area contributed by atoms with E-state index >= 15 is 0 Å². The molecule has 0 aliphatic rings. The SMILES string of the molecule is Cc1cc(O)c2[nH]c(C)c(C=O)c2c1. The van der Waals surface area contributed by atoms with Gasteiger partial charge in [0.15, 0.2) is 6.29 Å². The molecule has 0 aliphatic carbocycles. The van der Waals surface area contributed by atoms with Gasteiger partial charge in [0, 0.05) is 16.6 Å². The van der Waals surface area contributed by atoms with Gasteiger partial charge in [-0.1, -0.05) is 0 Å². The Morgan fingerprint density at radius 3 is 2.71 bits per heavy atom. The van der Waals surface area contributed by atoms with Gasteiger partial charge in [-0.15, -0.1) is 0 Å². The first-order valence-electron chi connectivity index (χ1n) is 4.40. The van der Waals surface area contributed by atoms with Gasteiger partial charge in [-0.3, -0.25) is 4.79 Å². The molecular weight excluding hydrogens is 178 g/mol. The maximum Gasteiger partial charge on any atom is 0.152 e. The maximum atomic E-state index is 10.8. The molecule has 0 spiro atoms. The molecule has 0 radical (unpaired) electrons. The van der Waals surface area contributed by atoms with E-state index in [2.05, 4.69) is 4.98 Å². The van der Waals surface area contributed by atoms with Gasteiger partial charge >= 0.3 is 0 Å². The molecule has 0 aliphatic heterocycles. The third-order valence-electron chi connectivity index (χ3n) is 2.39. The molecule has 3 heteroatoms. The van der Waals surface area contributed by atoms with Crippen LogP contribution >= 0.6 is 0 Å². The fraction of sp³-hybridized carbons (Fsp3) is 0.182. The second kappa shape index (κ2) is 2.87. The predicted octanol–water partition coefficient (Wildman–Crippen LogP) is 2.30. The van der Waals surface area contributed by atoms with Gasteiger partial charge in [0.05, 0.1) is 5.52 Å². The molecule has 1 heterocycles. The number of benzene rings is 1. The van der Waals surface area contributed by atoms with Crippen molar-refractivity contribution in [1.29, 1.82) is 0 Å². The van der Waals surface area contributed by atoms with Crippen molar-refractivity contribution < 1.29 is 9.90 Å². The van der Waals surface area contributed by atoms with Gasteiger partial charge in [-0.25, -0.2) is 0 Å². The minimum Gasteiger partial charge on any atom is -0.506 e. The number of H-pyrrole nitrogens is 1. The lowest BCUT2D eigenvalue weighted by Gasteiger charge is -1.97. The monoisotopic (exact) mass is 189 g/mol. The van der Waals surface area contributed by atoms with Crippen molar-refractivity contribution in [2.24, 2.45) is 0 Å². The Kier molecular flexibility index (Phi) is 1.81.